The molecule has 10 heteroatoms. The molecular weight excluding hydrogens is 524 g/mol. The first-order valence-corrected chi connectivity index (χ1v) is 14.3. The van der Waals surface area contributed by atoms with Crippen molar-refractivity contribution in [1.29, 1.82) is 0 Å². The molecule has 0 bridgehead atoms. The Morgan fingerprint density at radius 2 is 1.85 bits per heavy atom. The van der Waals surface area contributed by atoms with Gasteiger partial charge < -0.3 is 10.1 Å². The Hall–Kier alpha value is -4.18. The molecule has 41 heavy (non-hydrogen) atoms. The number of H-pyrrole nitrogens is 1. The summed E-state index contributed by atoms with van der Waals surface area (Å²) in [5, 5.41) is 11.8. The second-order valence-corrected chi connectivity index (χ2v) is 11.0. The van der Waals surface area contributed by atoms with Crippen LogP contribution < -0.4 is 10.1 Å². The van der Waals surface area contributed by atoms with E-state index in [-0.39, 0.29) is 22.8 Å². The van der Waals surface area contributed by atoms with Gasteiger partial charge in [0.05, 0.1) is 10.9 Å². The van der Waals surface area contributed by atoms with Crippen LogP contribution in [0.25, 0.3) is 32.9 Å². The molecule has 7 rings (SSSR count). The number of nitrogens with one attached hydrogen (secondary N) is 2. The summed E-state index contributed by atoms with van der Waals surface area (Å²) >= 11 is 0. The molecule has 5 aromatic rings. The van der Waals surface area contributed by atoms with Gasteiger partial charge in [-0.15, -0.1) is 0 Å². The van der Waals surface area contributed by atoms with E-state index in [1.54, 1.807) is 42.7 Å². The first kappa shape index (κ1) is 25.8. The normalized spacial score (nSPS) is 16.4. The summed E-state index contributed by atoms with van der Waals surface area (Å²) in [5.41, 5.74) is 1.55. The topological polar surface area (TPSA) is 91.9 Å². The quantitative estimate of drug-likeness (QED) is 0.219. The summed E-state index contributed by atoms with van der Waals surface area (Å²) in [6.07, 6.45) is 9.36. The summed E-state index contributed by atoms with van der Waals surface area (Å²) < 4.78 is 37.5. The van der Waals surface area contributed by atoms with Gasteiger partial charge in [-0.2, -0.15) is 15.1 Å². The molecule has 0 aliphatic carbocycles. The lowest BCUT2D eigenvalue weighted by molar-refractivity contribution is 0.108. The minimum Gasteiger partial charge on any atom is -0.461 e. The van der Waals surface area contributed by atoms with Gasteiger partial charge in [0.1, 0.15) is 29.5 Å². The summed E-state index contributed by atoms with van der Waals surface area (Å²) in [5.74, 6) is -0.598. The maximum Gasteiger partial charge on any atom is 0.319 e. The lowest BCUT2D eigenvalue weighted by atomic mass is 9.95. The smallest absolute Gasteiger partial charge is 0.319 e. The molecule has 0 atom stereocenters. The highest BCUT2D eigenvalue weighted by Gasteiger charge is 2.45. The number of hydrogen-bond acceptors (Lipinski definition) is 7. The van der Waals surface area contributed by atoms with Crippen LogP contribution in [-0.4, -0.2) is 61.8 Å². The predicted octanol–water partition coefficient (Wildman–Crippen LogP) is 5.90. The monoisotopic (exact) mass is 555 g/mol. The number of nitrogens with zero attached hydrogens (tertiary/aromatic N) is 5. The van der Waals surface area contributed by atoms with Crippen LogP contribution in [0.15, 0.2) is 54.9 Å². The van der Waals surface area contributed by atoms with E-state index in [1.807, 2.05) is 6.07 Å². The number of rotatable bonds is 9. The molecule has 8 nitrogen and oxygen atoms in total. The molecule has 2 N–H and O–H groups in total. The van der Waals surface area contributed by atoms with Crippen molar-refractivity contribution in [2.75, 3.05) is 31.6 Å². The summed E-state index contributed by atoms with van der Waals surface area (Å²) in [6, 6.07) is 12.1. The fourth-order valence-corrected chi connectivity index (χ4v) is 6.49. The van der Waals surface area contributed by atoms with Crippen molar-refractivity contribution >= 4 is 27.5 Å². The molecule has 5 heterocycles. The minimum atomic E-state index is -0.632. The standard InChI is InChI=1S/C31H31F2N7O/c32-24-10-2-7-20-6-1-9-22(25(20)24)27-26(33)28-23(18-35-27)29(34-14-3-8-21-11-15-36-39-21)38-30(37-28)41-19-31-12-4-16-40(31)17-5-13-31/h1-2,6-7,9-11,15,18H,3-5,8,12-14,16-17,19H2,(H,36,39)(H,34,37,38). The van der Waals surface area contributed by atoms with E-state index in [0.29, 0.717) is 40.7 Å². The second kappa shape index (κ2) is 10.7. The van der Waals surface area contributed by atoms with Crippen molar-refractivity contribution in [2.45, 2.75) is 44.1 Å². The Morgan fingerprint density at radius 1 is 1.02 bits per heavy atom. The first-order valence-electron chi connectivity index (χ1n) is 14.3. The number of halogens is 2. The molecule has 0 saturated carbocycles. The zero-order valence-electron chi connectivity index (χ0n) is 22.7. The molecule has 2 saturated heterocycles. The highest BCUT2D eigenvalue weighted by molar-refractivity contribution is 5.99. The van der Waals surface area contributed by atoms with E-state index in [2.05, 4.69) is 35.4 Å². The lowest BCUT2D eigenvalue weighted by Crippen LogP contribution is -2.43. The van der Waals surface area contributed by atoms with Crippen molar-refractivity contribution in [1.82, 2.24) is 30.0 Å². The van der Waals surface area contributed by atoms with Crippen LogP contribution in [0, 0.1) is 11.6 Å². The van der Waals surface area contributed by atoms with Gasteiger partial charge in [0.15, 0.2) is 5.82 Å². The third kappa shape index (κ3) is 4.76. The number of aryl methyl sites for hydroxylation is 1. The van der Waals surface area contributed by atoms with Crippen LogP contribution in [0.3, 0.4) is 0 Å². The van der Waals surface area contributed by atoms with E-state index in [9.17, 15) is 4.39 Å². The molecule has 2 aliphatic rings. The fourth-order valence-electron chi connectivity index (χ4n) is 6.49. The third-order valence-electron chi connectivity index (χ3n) is 8.53. The highest BCUT2D eigenvalue weighted by atomic mass is 19.1. The van der Waals surface area contributed by atoms with E-state index in [4.69, 9.17) is 4.74 Å². The van der Waals surface area contributed by atoms with Gasteiger partial charge in [-0.05, 0) is 69.1 Å². The number of fused-ring (bicyclic) bond motifs is 3. The molecule has 3 aromatic heterocycles. The molecule has 2 aliphatic heterocycles. The Morgan fingerprint density at radius 3 is 2.66 bits per heavy atom. The highest BCUT2D eigenvalue weighted by Crippen LogP contribution is 2.39. The number of aromatic nitrogens is 5. The van der Waals surface area contributed by atoms with Gasteiger partial charge >= 0.3 is 6.01 Å². The zero-order valence-corrected chi connectivity index (χ0v) is 22.7. The number of anilines is 1. The number of hydrogen-bond donors (Lipinski definition) is 2. The second-order valence-electron chi connectivity index (χ2n) is 11.0. The molecule has 0 radical (unpaired) electrons. The van der Waals surface area contributed by atoms with Crippen molar-refractivity contribution in [3.8, 4) is 17.3 Å². The van der Waals surface area contributed by atoms with Crippen LogP contribution in [0.1, 0.15) is 37.8 Å². The minimum absolute atomic E-state index is 0.00157. The average Bonchev–Trinajstić information content (AvgIpc) is 3.73. The largest absolute Gasteiger partial charge is 0.461 e. The molecule has 210 valence electrons. The van der Waals surface area contributed by atoms with E-state index in [1.165, 1.54) is 6.07 Å². The van der Waals surface area contributed by atoms with Gasteiger partial charge in [-0.25, -0.2) is 8.78 Å². The van der Waals surface area contributed by atoms with Crippen LogP contribution in [-0.2, 0) is 6.42 Å². The molecular formula is C31H31F2N7O. The van der Waals surface area contributed by atoms with E-state index >= 15 is 4.39 Å². The Bertz CT molecular complexity index is 1690. The van der Waals surface area contributed by atoms with Gasteiger partial charge in [-0.1, -0.05) is 30.3 Å². The Kier molecular flexibility index (Phi) is 6.70. The van der Waals surface area contributed by atoms with Crippen molar-refractivity contribution in [3.63, 3.8) is 0 Å². The van der Waals surface area contributed by atoms with Crippen molar-refractivity contribution < 1.29 is 13.5 Å². The SMILES string of the molecule is Fc1c(-c2cccc3cccc(F)c23)ncc2c(NCCCc3ccn[nH]3)nc(OCC34CCCN3CCC4)nc12. The number of benzene rings is 2. The molecule has 2 fully saturated rings. The maximum absolute atomic E-state index is 16.3. The van der Waals surface area contributed by atoms with Crippen molar-refractivity contribution in [3.05, 3.63) is 72.2 Å². The van der Waals surface area contributed by atoms with E-state index < -0.39 is 11.6 Å². The predicted molar refractivity (Wildman–Crippen MR) is 154 cm³/mol. The molecule has 2 aromatic carbocycles. The number of aromatic amines is 1. The Labute approximate surface area is 236 Å². The van der Waals surface area contributed by atoms with Crippen molar-refractivity contribution in [2.24, 2.45) is 0 Å². The van der Waals surface area contributed by atoms with Gasteiger partial charge in [-0.3, -0.25) is 15.0 Å². The average molecular weight is 556 g/mol. The summed E-state index contributed by atoms with van der Waals surface area (Å²) in [4.78, 5) is 16.2. The maximum atomic E-state index is 16.3. The van der Waals surface area contributed by atoms with Crippen LogP contribution in [0.2, 0.25) is 0 Å². The zero-order chi connectivity index (χ0) is 27.8. The van der Waals surface area contributed by atoms with Crippen LogP contribution in [0.4, 0.5) is 14.6 Å². The van der Waals surface area contributed by atoms with Gasteiger partial charge in [0.25, 0.3) is 0 Å². The Balaban J connectivity index is 1.26. The van der Waals surface area contributed by atoms with E-state index in [0.717, 1.165) is 57.3 Å². The number of pyridine rings is 1. The molecule has 0 amide bonds. The molecule has 0 spiro atoms. The van der Waals surface area contributed by atoms with Gasteiger partial charge in [0.2, 0.25) is 0 Å². The first-order chi connectivity index (χ1) is 20.1. The van der Waals surface area contributed by atoms with Crippen LogP contribution in [0.5, 0.6) is 6.01 Å². The summed E-state index contributed by atoms with van der Waals surface area (Å²) in [6.45, 7) is 3.22. The summed E-state index contributed by atoms with van der Waals surface area (Å²) in [7, 11) is 0. The number of ether oxygens (including phenoxy) is 1. The molecule has 0 unspecified atom stereocenters. The van der Waals surface area contributed by atoms with Gasteiger partial charge in [0, 0.05) is 35.6 Å². The fraction of sp³-hybridized carbons (Fsp3) is 0.355. The van der Waals surface area contributed by atoms with Crippen LogP contribution >= 0.6 is 0 Å². The lowest BCUT2D eigenvalue weighted by Gasteiger charge is -2.31. The third-order valence-corrected chi connectivity index (χ3v) is 8.53.